The Kier molecular flexibility index (Phi) is 6.68. The van der Waals surface area contributed by atoms with Crippen molar-refractivity contribution in [2.45, 2.75) is 19.8 Å². The van der Waals surface area contributed by atoms with E-state index in [0.717, 1.165) is 44.7 Å². The van der Waals surface area contributed by atoms with Crippen molar-refractivity contribution in [2.75, 3.05) is 69.9 Å². The molecule has 11 nitrogen and oxygen atoms in total. The molecule has 33 heavy (non-hydrogen) atoms. The van der Waals surface area contributed by atoms with Crippen LogP contribution in [-0.2, 0) is 9.47 Å². The van der Waals surface area contributed by atoms with E-state index >= 15 is 0 Å². The highest BCUT2D eigenvalue weighted by Crippen LogP contribution is 2.30. The van der Waals surface area contributed by atoms with E-state index in [0.29, 0.717) is 12.2 Å². The molecule has 0 unspecified atom stereocenters. The van der Waals surface area contributed by atoms with Gasteiger partial charge >= 0.3 is 17.6 Å². The number of piperazine rings is 1. The highest BCUT2D eigenvalue weighted by Gasteiger charge is 2.30. The SMILES string of the molecule is CCCCOc1c(C(=O)OC)nc2c(N3CCOC3=O)cc(N3CCN(C)CC3)cn2c1=O. The van der Waals surface area contributed by atoms with E-state index in [1.165, 1.54) is 16.4 Å². The van der Waals surface area contributed by atoms with E-state index in [4.69, 9.17) is 14.2 Å². The third-order valence-electron chi connectivity index (χ3n) is 5.89. The van der Waals surface area contributed by atoms with E-state index in [1.807, 2.05) is 13.0 Å². The number of anilines is 2. The second-order valence-corrected chi connectivity index (χ2v) is 8.12. The van der Waals surface area contributed by atoms with Crippen LogP contribution in [0.25, 0.3) is 5.65 Å². The summed E-state index contributed by atoms with van der Waals surface area (Å²) in [6.07, 6.45) is 2.75. The van der Waals surface area contributed by atoms with Crippen molar-refractivity contribution >= 4 is 29.1 Å². The first-order valence-electron chi connectivity index (χ1n) is 11.1. The molecule has 2 aliphatic rings. The number of esters is 1. The lowest BCUT2D eigenvalue weighted by Gasteiger charge is -2.34. The number of amides is 1. The minimum absolute atomic E-state index is 0.154. The summed E-state index contributed by atoms with van der Waals surface area (Å²) < 4.78 is 17.0. The van der Waals surface area contributed by atoms with Gasteiger partial charge < -0.3 is 24.0 Å². The summed E-state index contributed by atoms with van der Waals surface area (Å²) >= 11 is 0. The number of aromatic nitrogens is 2. The maximum atomic E-state index is 13.5. The summed E-state index contributed by atoms with van der Waals surface area (Å²) in [5.74, 6) is -0.933. The highest BCUT2D eigenvalue weighted by molar-refractivity contribution is 5.96. The van der Waals surface area contributed by atoms with Crippen LogP contribution in [0.15, 0.2) is 17.1 Å². The molecular weight excluding hydrogens is 430 g/mol. The zero-order chi connectivity index (χ0) is 23.5. The monoisotopic (exact) mass is 459 g/mol. The predicted octanol–water partition coefficient (Wildman–Crippen LogP) is 1.37. The van der Waals surface area contributed by atoms with E-state index in [-0.39, 0.29) is 30.3 Å². The molecule has 0 radical (unpaired) electrons. The van der Waals surface area contributed by atoms with Gasteiger partial charge in [0.15, 0.2) is 11.3 Å². The number of carbonyl (C=O) groups is 2. The molecule has 0 N–H and O–H groups in total. The molecule has 2 aromatic rings. The maximum absolute atomic E-state index is 13.5. The molecular formula is C22H29N5O6. The smallest absolute Gasteiger partial charge is 0.414 e. The topological polar surface area (TPSA) is 106 Å². The minimum Gasteiger partial charge on any atom is -0.486 e. The third-order valence-corrected chi connectivity index (χ3v) is 5.89. The summed E-state index contributed by atoms with van der Waals surface area (Å²) in [5, 5.41) is 0. The van der Waals surface area contributed by atoms with Crippen molar-refractivity contribution in [2.24, 2.45) is 0 Å². The first-order valence-corrected chi connectivity index (χ1v) is 11.1. The van der Waals surface area contributed by atoms with Crippen molar-refractivity contribution in [1.82, 2.24) is 14.3 Å². The molecule has 2 aromatic heterocycles. The molecule has 0 bridgehead atoms. The van der Waals surface area contributed by atoms with Crippen LogP contribution in [-0.4, -0.2) is 86.4 Å². The minimum atomic E-state index is -0.779. The average molecular weight is 460 g/mol. The molecule has 0 spiro atoms. The van der Waals surface area contributed by atoms with Crippen LogP contribution in [0.1, 0.15) is 30.3 Å². The summed E-state index contributed by atoms with van der Waals surface area (Å²) in [4.78, 5) is 48.7. The zero-order valence-electron chi connectivity index (χ0n) is 19.2. The average Bonchev–Trinajstić information content (AvgIpc) is 3.25. The van der Waals surface area contributed by atoms with Gasteiger partial charge in [0.05, 0.1) is 31.6 Å². The van der Waals surface area contributed by atoms with Crippen molar-refractivity contribution < 1.29 is 23.8 Å². The van der Waals surface area contributed by atoms with Gasteiger partial charge in [-0.3, -0.25) is 14.1 Å². The van der Waals surface area contributed by atoms with Crippen molar-refractivity contribution in [1.29, 1.82) is 0 Å². The highest BCUT2D eigenvalue weighted by atomic mass is 16.6. The lowest BCUT2D eigenvalue weighted by molar-refractivity contribution is 0.0588. The molecule has 0 aliphatic carbocycles. The van der Waals surface area contributed by atoms with Gasteiger partial charge in [0, 0.05) is 32.4 Å². The number of cyclic esters (lactones) is 1. The molecule has 2 aliphatic heterocycles. The molecule has 0 atom stereocenters. The third kappa shape index (κ3) is 4.45. The number of hydrogen-bond donors (Lipinski definition) is 0. The van der Waals surface area contributed by atoms with Gasteiger partial charge in [0.1, 0.15) is 6.61 Å². The normalized spacial score (nSPS) is 16.9. The molecule has 11 heteroatoms. The second-order valence-electron chi connectivity index (χ2n) is 8.12. The Morgan fingerprint density at radius 2 is 1.94 bits per heavy atom. The Hall–Kier alpha value is -3.34. The number of fused-ring (bicyclic) bond motifs is 1. The molecule has 1 amide bonds. The lowest BCUT2D eigenvalue weighted by Crippen LogP contribution is -2.44. The Bertz CT molecular complexity index is 1110. The quantitative estimate of drug-likeness (QED) is 0.448. The number of hydrogen-bond acceptors (Lipinski definition) is 9. The van der Waals surface area contributed by atoms with Crippen LogP contribution >= 0.6 is 0 Å². The summed E-state index contributed by atoms with van der Waals surface area (Å²) in [6, 6.07) is 1.82. The standard InChI is InChI=1S/C22H29N5O6/c1-4-5-11-32-18-17(21(29)31-3)23-19-16(26-10-12-33-22(26)30)13-15(14-27(19)20(18)28)25-8-6-24(2)7-9-25/h13-14H,4-12H2,1-3H3. The first kappa shape index (κ1) is 22.8. The fourth-order valence-corrected chi connectivity index (χ4v) is 3.92. The fourth-order valence-electron chi connectivity index (χ4n) is 3.92. The first-order chi connectivity index (χ1) is 15.9. The summed E-state index contributed by atoms with van der Waals surface area (Å²) in [5.41, 5.74) is 0.608. The molecule has 4 rings (SSSR count). The molecule has 0 saturated carbocycles. The number of likely N-dealkylation sites (N-methyl/N-ethyl adjacent to an activating group) is 1. The van der Waals surface area contributed by atoms with Crippen LogP contribution in [0.2, 0.25) is 0 Å². The van der Waals surface area contributed by atoms with Crippen LogP contribution < -0.4 is 20.1 Å². The van der Waals surface area contributed by atoms with Gasteiger partial charge in [-0.15, -0.1) is 0 Å². The van der Waals surface area contributed by atoms with E-state index < -0.39 is 17.6 Å². The van der Waals surface area contributed by atoms with Gasteiger partial charge in [-0.2, -0.15) is 0 Å². The number of ether oxygens (including phenoxy) is 3. The van der Waals surface area contributed by atoms with Crippen molar-refractivity contribution in [3.8, 4) is 5.75 Å². The van der Waals surface area contributed by atoms with Crippen LogP contribution in [0, 0.1) is 0 Å². The van der Waals surface area contributed by atoms with Crippen LogP contribution in [0.4, 0.5) is 16.2 Å². The number of carbonyl (C=O) groups excluding carboxylic acids is 2. The van der Waals surface area contributed by atoms with E-state index in [1.54, 1.807) is 6.20 Å². The van der Waals surface area contributed by atoms with E-state index in [2.05, 4.69) is 21.8 Å². The molecule has 2 saturated heterocycles. The maximum Gasteiger partial charge on any atom is 0.414 e. The molecule has 178 valence electrons. The van der Waals surface area contributed by atoms with Crippen molar-refractivity contribution in [3.05, 3.63) is 28.3 Å². The van der Waals surface area contributed by atoms with Gasteiger partial charge in [0.2, 0.25) is 5.75 Å². The molecule has 4 heterocycles. The number of nitrogens with zero attached hydrogens (tertiary/aromatic N) is 5. The fraction of sp³-hybridized carbons (Fsp3) is 0.545. The summed E-state index contributed by atoms with van der Waals surface area (Å²) in [6.45, 7) is 6.11. The van der Waals surface area contributed by atoms with Gasteiger partial charge in [-0.1, -0.05) is 13.3 Å². The number of unbranched alkanes of at least 4 members (excludes halogenated alkanes) is 1. The summed E-state index contributed by atoms with van der Waals surface area (Å²) in [7, 11) is 3.28. The predicted molar refractivity (Wildman–Crippen MR) is 122 cm³/mol. The number of pyridine rings is 1. The van der Waals surface area contributed by atoms with Gasteiger partial charge in [-0.25, -0.2) is 14.6 Å². The Balaban J connectivity index is 1.92. The molecule has 2 fully saturated rings. The van der Waals surface area contributed by atoms with E-state index in [9.17, 15) is 14.4 Å². The Morgan fingerprint density at radius 1 is 1.18 bits per heavy atom. The largest absolute Gasteiger partial charge is 0.486 e. The van der Waals surface area contributed by atoms with Crippen LogP contribution in [0.3, 0.4) is 0 Å². The number of rotatable bonds is 7. The van der Waals surface area contributed by atoms with Crippen molar-refractivity contribution in [3.63, 3.8) is 0 Å². The lowest BCUT2D eigenvalue weighted by atomic mass is 10.2. The zero-order valence-corrected chi connectivity index (χ0v) is 19.2. The Labute approximate surface area is 191 Å². The Morgan fingerprint density at radius 3 is 2.58 bits per heavy atom. The van der Waals surface area contributed by atoms with Crippen LogP contribution in [0.5, 0.6) is 5.75 Å². The number of methoxy groups -OCH3 is 1. The van der Waals surface area contributed by atoms with Gasteiger partial charge in [-0.05, 0) is 19.5 Å². The second kappa shape index (κ2) is 9.65. The molecule has 0 aromatic carbocycles. The van der Waals surface area contributed by atoms with Gasteiger partial charge in [0.25, 0.3) is 0 Å².